The quantitative estimate of drug-likeness (QED) is 0.790. The van der Waals surface area contributed by atoms with E-state index in [0.29, 0.717) is 5.56 Å². The van der Waals surface area contributed by atoms with Crippen molar-refractivity contribution in [3.05, 3.63) is 46.4 Å². The summed E-state index contributed by atoms with van der Waals surface area (Å²) in [6.07, 6.45) is 0. The topological polar surface area (TPSA) is 37.3 Å². The standard InChI is InChI=1S/C11H7BrO2.Cd/c12-10-6-2-3-7-8(10)4-1-5-9(7)11(13)14;/h1-6H,(H,13,14);. The van der Waals surface area contributed by atoms with E-state index in [9.17, 15) is 4.79 Å². The van der Waals surface area contributed by atoms with Gasteiger partial charge in [0.2, 0.25) is 0 Å². The molecular formula is C11H7BrCdO2. The molecular weight excluding hydrogens is 356 g/mol. The molecule has 2 nitrogen and oxygen atoms in total. The molecule has 0 spiro atoms. The molecule has 0 unspecified atom stereocenters. The van der Waals surface area contributed by atoms with Crippen LogP contribution in [0.1, 0.15) is 10.4 Å². The predicted octanol–water partition coefficient (Wildman–Crippen LogP) is 3.30. The van der Waals surface area contributed by atoms with Gasteiger partial charge in [0.1, 0.15) is 0 Å². The van der Waals surface area contributed by atoms with Crippen molar-refractivity contribution in [1.29, 1.82) is 0 Å². The first-order valence-corrected chi connectivity index (χ1v) is 4.90. The van der Waals surface area contributed by atoms with Gasteiger partial charge >= 0.3 is 5.97 Å². The Labute approximate surface area is 116 Å². The Balaban J connectivity index is 0.00000112. The molecule has 0 atom stereocenters. The van der Waals surface area contributed by atoms with Gasteiger partial charge in [-0.25, -0.2) is 4.79 Å². The summed E-state index contributed by atoms with van der Waals surface area (Å²) >= 11 is 3.39. The number of aromatic carboxylic acids is 1. The third kappa shape index (κ3) is 2.39. The molecule has 1 N–H and O–H groups in total. The summed E-state index contributed by atoms with van der Waals surface area (Å²) in [5.41, 5.74) is 0.337. The smallest absolute Gasteiger partial charge is 0.336 e. The van der Waals surface area contributed by atoms with Gasteiger partial charge in [0, 0.05) is 31.8 Å². The minimum atomic E-state index is -0.895. The summed E-state index contributed by atoms with van der Waals surface area (Å²) in [6.45, 7) is 0. The molecule has 0 aliphatic carbocycles. The van der Waals surface area contributed by atoms with Crippen LogP contribution >= 0.6 is 15.9 Å². The van der Waals surface area contributed by atoms with Crippen molar-refractivity contribution in [2.24, 2.45) is 0 Å². The average Bonchev–Trinajstić information content (AvgIpc) is 2.17. The summed E-state index contributed by atoms with van der Waals surface area (Å²) < 4.78 is 0.915. The molecule has 0 aromatic heterocycles. The van der Waals surface area contributed by atoms with E-state index in [1.165, 1.54) is 0 Å². The van der Waals surface area contributed by atoms with Crippen molar-refractivity contribution in [3.63, 3.8) is 0 Å². The van der Waals surface area contributed by atoms with E-state index in [2.05, 4.69) is 15.9 Å². The van der Waals surface area contributed by atoms with Gasteiger partial charge in [-0.15, -0.1) is 0 Å². The molecule has 0 fully saturated rings. The summed E-state index contributed by atoms with van der Waals surface area (Å²) in [4.78, 5) is 10.9. The van der Waals surface area contributed by atoms with E-state index in [1.807, 2.05) is 24.3 Å². The van der Waals surface area contributed by atoms with Crippen LogP contribution in [0.3, 0.4) is 0 Å². The molecule has 0 saturated heterocycles. The molecule has 0 radical (unpaired) electrons. The number of rotatable bonds is 1. The number of carboxylic acids is 1. The van der Waals surface area contributed by atoms with Gasteiger partial charge in [0.15, 0.2) is 0 Å². The van der Waals surface area contributed by atoms with Gasteiger partial charge < -0.3 is 5.11 Å². The number of fused-ring (bicyclic) bond motifs is 1. The number of hydrogen-bond donors (Lipinski definition) is 1. The number of hydrogen-bond acceptors (Lipinski definition) is 1. The second-order valence-electron chi connectivity index (χ2n) is 2.95. The van der Waals surface area contributed by atoms with Crippen molar-refractivity contribution in [3.8, 4) is 0 Å². The molecule has 2 aromatic rings. The molecule has 0 bridgehead atoms. The first kappa shape index (κ1) is 12.6. The molecule has 0 aliphatic heterocycles. The summed E-state index contributed by atoms with van der Waals surface area (Å²) in [5, 5.41) is 10.6. The fraction of sp³-hybridized carbons (Fsp3) is 0. The number of benzene rings is 2. The third-order valence-corrected chi connectivity index (χ3v) is 2.79. The van der Waals surface area contributed by atoms with Gasteiger partial charge in [0.05, 0.1) is 5.56 Å². The maximum atomic E-state index is 10.9. The van der Waals surface area contributed by atoms with Crippen LogP contribution in [0.5, 0.6) is 0 Å². The molecule has 0 saturated carbocycles. The number of carboxylic acid groups (broad SMARTS) is 1. The molecule has 15 heavy (non-hydrogen) atoms. The van der Waals surface area contributed by atoms with Gasteiger partial charge in [-0.1, -0.05) is 40.2 Å². The fourth-order valence-electron chi connectivity index (χ4n) is 1.46. The third-order valence-electron chi connectivity index (χ3n) is 2.10. The Kier molecular flexibility index (Phi) is 4.27. The summed E-state index contributed by atoms with van der Waals surface area (Å²) in [7, 11) is 0. The van der Waals surface area contributed by atoms with Crippen LogP contribution < -0.4 is 0 Å². The van der Waals surface area contributed by atoms with E-state index in [1.54, 1.807) is 12.1 Å². The van der Waals surface area contributed by atoms with E-state index in [4.69, 9.17) is 5.11 Å². The molecule has 2 rings (SSSR count). The molecule has 0 heterocycles. The van der Waals surface area contributed by atoms with E-state index in [0.717, 1.165) is 15.2 Å². The number of halogens is 1. The Bertz CT molecular complexity index is 511. The molecule has 0 amide bonds. The van der Waals surface area contributed by atoms with Crippen LogP contribution in [0.25, 0.3) is 10.8 Å². The Hall–Kier alpha value is -0.428. The zero-order valence-electron chi connectivity index (χ0n) is 7.90. The minimum Gasteiger partial charge on any atom is -0.478 e. The van der Waals surface area contributed by atoms with Crippen LogP contribution in [0.4, 0.5) is 0 Å². The monoisotopic (exact) mass is 364 g/mol. The van der Waals surface area contributed by atoms with Crippen LogP contribution in [0.15, 0.2) is 40.9 Å². The van der Waals surface area contributed by atoms with E-state index in [-0.39, 0.29) is 27.3 Å². The van der Waals surface area contributed by atoms with Crippen molar-refractivity contribution >= 4 is 32.7 Å². The fourth-order valence-corrected chi connectivity index (χ4v) is 1.96. The van der Waals surface area contributed by atoms with Crippen LogP contribution in [0, 0.1) is 0 Å². The molecule has 0 aliphatic rings. The summed E-state index contributed by atoms with van der Waals surface area (Å²) in [6, 6.07) is 10.8. The van der Waals surface area contributed by atoms with Crippen LogP contribution in [-0.2, 0) is 27.3 Å². The largest absolute Gasteiger partial charge is 0.478 e. The minimum absolute atomic E-state index is 0. The average molecular weight is 363 g/mol. The van der Waals surface area contributed by atoms with Gasteiger partial charge in [-0.05, 0) is 22.9 Å². The van der Waals surface area contributed by atoms with Crippen LogP contribution in [0.2, 0.25) is 0 Å². The molecule has 72 valence electrons. The molecule has 4 heteroatoms. The van der Waals surface area contributed by atoms with Crippen molar-refractivity contribution in [1.82, 2.24) is 0 Å². The van der Waals surface area contributed by atoms with E-state index >= 15 is 0 Å². The maximum absolute atomic E-state index is 10.9. The second kappa shape index (κ2) is 5.07. The second-order valence-corrected chi connectivity index (χ2v) is 3.80. The normalized spacial score (nSPS) is 9.67. The zero-order valence-corrected chi connectivity index (χ0v) is 13.5. The Morgan fingerprint density at radius 1 is 1.07 bits per heavy atom. The SMILES string of the molecule is O=C(O)c1cccc2c(Br)cccc12.[Cd]. The first-order chi connectivity index (χ1) is 6.70. The van der Waals surface area contributed by atoms with Crippen molar-refractivity contribution in [2.45, 2.75) is 0 Å². The zero-order chi connectivity index (χ0) is 10.1. The van der Waals surface area contributed by atoms with Crippen molar-refractivity contribution < 1.29 is 37.2 Å². The maximum Gasteiger partial charge on any atom is 0.336 e. The van der Waals surface area contributed by atoms with Crippen LogP contribution in [-0.4, -0.2) is 11.1 Å². The first-order valence-electron chi connectivity index (χ1n) is 4.10. The van der Waals surface area contributed by atoms with Crippen molar-refractivity contribution in [2.75, 3.05) is 0 Å². The Morgan fingerprint density at radius 3 is 2.33 bits per heavy atom. The molecule has 2 aromatic carbocycles. The predicted molar refractivity (Wildman–Crippen MR) is 58.6 cm³/mol. The van der Waals surface area contributed by atoms with E-state index < -0.39 is 5.97 Å². The summed E-state index contributed by atoms with van der Waals surface area (Å²) in [5.74, 6) is -0.895. The van der Waals surface area contributed by atoms with Gasteiger partial charge in [0.25, 0.3) is 0 Å². The number of carbonyl (C=O) groups is 1. The van der Waals surface area contributed by atoms with Gasteiger partial charge in [-0.3, -0.25) is 0 Å². The Morgan fingerprint density at radius 2 is 1.67 bits per heavy atom. The van der Waals surface area contributed by atoms with Gasteiger partial charge in [-0.2, -0.15) is 0 Å².